The molecule has 1 aromatic heterocycles. The van der Waals surface area contributed by atoms with Gasteiger partial charge in [0.25, 0.3) is 0 Å². The molecule has 1 heterocycles. The topological polar surface area (TPSA) is 75.9 Å². The Balaban J connectivity index is 0.00000220. The van der Waals surface area contributed by atoms with Crippen LogP contribution in [0.25, 0.3) is 11.4 Å². The van der Waals surface area contributed by atoms with Gasteiger partial charge in [-0.2, -0.15) is 4.80 Å². The maximum absolute atomic E-state index is 11.9. The van der Waals surface area contributed by atoms with Crippen molar-refractivity contribution in [2.75, 3.05) is 27.2 Å². The number of amides is 1. The van der Waals surface area contributed by atoms with E-state index in [4.69, 9.17) is 0 Å². The van der Waals surface area contributed by atoms with Gasteiger partial charge in [-0.1, -0.05) is 30.3 Å². The van der Waals surface area contributed by atoms with Gasteiger partial charge in [-0.15, -0.1) is 22.6 Å². The molecule has 2 aromatic rings. The fourth-order valence-corrected chi connectivity index (χ4v) is 1.66. The standard InChI is InChI=1S/C13H18N6O.ClH/c1-14-8-9-18(2)12(20)10-19-16-13(15-17-19)11-6-4-3-5-7-11;/h3-7,14H,8-10H2,1-2H3;1H. The van der Waals surface area contributed by atoms with E-state index in [1.807, 2.05) is 37.4 Å². The first-order valence-electron chi connectivity index (χ1n) is 6.42. The summed E-state index contributed by atoms with van der Waals surface area (Å²) >= 11 is 0. The van der Waals surface area contributed by atoms with Gasteiger partial charge in [0, 0.05) is 25.7 Å². The summed E-state index contributed by atoms with van der Waals surface area (Å²) in [5, 5.41) is 15.1. The number of hydrogen-bond acceptors (Lipinski definition) is 5. The summed E-state index contributed by atoms with van der Waals surface area (Å²) in [4.78, 5) is 14.9. The van der Waals surface area contributed by atoms with Crippen LogP contribution in [0, 0.1) is 0 Å². The van der Waals surface area contributed by atoms with E-state index in [2.05, 4.69) is 20.7 Å². The van der Waals surface area contributed by atoms with Crippen LogP contribution < -0.4 is 5.32 Å². The highest BCUT2D eigenvalue weighted by Crippen LogP contribution is 2.11. The number of benzene rings is 1. The van der Waals surface area contributed by atoms with Crippen LogP contribution in [0.3, 0.4) is 0 Å². The van der Waals surface area contributed by atoms with E-state index >= 15 is 0 Å². The minimum absolute atomic E-state index is 0. The first-order valence-corrected chi connectivity index (χ1v) is 6.42. The molecular formula is C13H19ClN6O. The van der Waals surface area contributed by atoms with Gasteiger partial charge in [-0.25, -0.2) is 0 Å². The van der Waals surface area contributed by atoms with Gasteiger partial charge in [-0.3, -0.25) is 4.79 Å². The number of nitrogens with one attached hydrogen (secondary N) is 1. The van der Waals surface area contributed by atoms with Crippen molar-refractivity contribution in [1.29, 1.82) is 0 Å². The number of rotatable bonds is 6. The molecular weight excluding hydrogens is 292 g/mol. The van der Waals surface area contributed by atoms with Crippen molar-refractivity contribution in [3.8, 4) is 11.4 Å². The van der Waals surface area contributed by atoms with Gasteiger partial charge in [0.1, 0.15) is 6.54 Å². The molecule has 0 saturated heterocycles. The summed E-state index contributed by atoms with van der Waals surface area (Å²) in [7, 11) is 3.61. The Morgan fingerprint density at radius 3 is 2.71 bits per heavy atom. The lowest BCUT2D eigenvalue weighted by Crippen LogP contribution is -2.35. The predicted octanol–water partition coefficient (Wildman–Crippen LogP) is 0.440. The van der Waals surface area contributed by atoms with Crippen molar-refractivity contribution in [3.05, 3.63) is 30.3 Å². The summed E-state index contributed by atoms with van der Waals surface area (Å²) in [5.41, 5.74) is 0.884. The van der Waals surface area contributed by atoms with Crippen LogP contribution in [0.1, 0.15) is 0 Å². The first-order chi connectivity index (χ1) is 9.70. The minimum Gasteiger partial charge on any atom is -0.343 e. The van der Waals surface area contributed by atoms with Gasteiger partial charge in [0.15, 0.2) is 0 Å². The van der Waals surface area contributed by atoms with Crippen molar-refractivity contribution < 1.29 is 4.79 Å². The monoisotopic (exact) mass is 310 g/mol. The number of tetrazole rings is 1. The summed E-state index contributed by atoms with van der Waals surface area (Å²) in [6.07, 6.45) is 0. The molecule has 1 N–H and O–H groups in total. The largest absolute Gasteiger partial charge is 0.343 e. The minimum atomic E-state index is -0.0442. The van der Waals surface area contributed by atoms with Crippen LogP contribution in [-0.2, 0) is 11.3 Å². The third-order valence-electron chi connectivity index (χ3n) is 2.88. The van der Waals surface area contributed by atoms with Crippen LogP contribution in [0.15, 0.2) is 30.3 Å². The molecule has 114 valence electrons. The molecule has 8 heteroatoms. The molecule has 0 saturated carbocycles. The number of nitrogens with zero attached hydrogens (tertiary/aromatic N) is 5. The molecule has 0 atom stereocenters. The van der Waals surface area contributed by atoms with Crippen LogP contribution in [0.4, 0.5) is 0 Å². The zero-order valence-corrected chi connectivity index (χ0v) is 12.9. The number of carbonyl (C=O) groups excluding carboxylic acids is 1. The molecule has 0 unspecified atom stereocenters. The Labute approximate surface area is 129 Å². The highest BCUT2D eigenvalue weighted by atomic mass is 35.5. The van der Waals surface area contributed by atoms with E-state index in [9.17, 15) is 4.79 Å². The number of halogens is 1. The number of carbonyl (C=O) groups is 1. The number of likely N-dealkylation sites (N-methyl/N-ethyl adjacent to an activating group) is 2. The van der Waals surface area contributed by atoms with Gasteiger partial charge in [0.2, 0.25) is 11.7 Å². The second-order valence-corrected chi connectivity index (χ2v) is 4.43. The Morgan fingerprint density at radius 2 is 2.05 bits per heavy atom. The second kappa shape index (κ2) is 8.33. The van der Waals surface area contributed by atoms with Gasteiger partial charge in [-0.05, 0) is 12.3 Å². The number of aromatic nitrogens is 4. The van der Waals surface area contributed by atoms with Crippen LogP contribution >= 0.6 is 12.4 Å². The van der Waals surface area contributed by atoms with Crippen LogP contribution in [-0.4, -0.2) is 58.2 Å². The first kappa shape index (κ1) is 17.1. The van der Waals surface area contributed by atoms with Crippen molar-refractivity contribution >= 4 is 18.3 Å². The normalized spacial score (nSPS) is 10.0. The highest BCUT2D eigenvalue weighted by molar-refractivity contribution is 5.85. The molecule has 0 bridgehead atoms. The molecule has 0 aliphatic rings. The molecule has 0 aliphatic heterocycles. The molecule has 0 radical (unpaired) electrons. The van der Waals surface area contributed by atoms with Gasteiger partial charge >= 0.3 is 0 Å². The zero-order valence-electron chi connectivity index (χ0n) is 12.1. The summed E-state index contributed by atoms with van der Waals surface area (Å²) in [5.74, 6) is 0.480. The van der Waals surface area contributed by atoms with E-state index in [1.54, 1.807) is 11.9 Å². The Morgan fingerprint density at radius 1 is 1.33 bits per heavy atom. The van der Waals surface area contributed by atoms with Crippen molar-refractivity contribution in [3.63, 3.8) is 0 Å². The van der Waals surface area contributed by atoms with Crippen molar-refractivity contribution in [1.82, 2.24) is 30.4 Å². The average molecular weight is 311 g/mol. The second-order valence-electron chi connectivity index (χ2n) is 4.43. The maximum Gasteiger partial charge on any atom is 0.246 e. The fourth-order valence-electron chi connectivity index (χ4n) is 1.66. The molecule has 0 fully saturated rings. The molecule has 1 amide bonds. The van der Waals surface area contributed by atoms with E-state index in [0.29, 0.717) is 12.4 Å². The average Bonchev–Trinajstić information content (AvgIpc) is 2.94. The van der Waals surface area contributed by atoms with Gasteiger partial charge in [0.05, 0.1) is 0 Å². The maximum atomic E-state index is 11.9. The summed E-state index contributed by atoms with van der Waals surface area (Å²) < 4.78 is 0. The smallest absolute Gasteiger partial charge is 0.246 e. The Kier molecular flexibility index (Phi) is 6.77. The molecule has 1 aromatic carbocycles. The van der Waals surface area contributed by atoms with E-state index in [0.717, 1.165) is 12.1 Å². The lowest BCUT2D eigenvalue weighted by molar-refractivity contribution is -0.130. The third kappa shape index (κ3) is 4.80. The van der Waals surface area contributed by atoms with E-state index in [-0.39, 0.29) is 24.9 Å². The predicted molar refractivity (Wildman–Crippen MR) is 82.1 cm³/mol. The molecule has 0 spiro atoms. The van der Waals surface area contributed by atoms with Gasteiger partial charge < -0.3 is 10.2 Å². The summed E-state index contributed by atoms with van der Waals surface area (Å²) in [6.45, 7) is 1.50. The van der Waals surface area contributed by atoms with Crippen molar-refractivity contribution in [2.24, 2.45) is 0 Å². The molecule has 7 nitrogen and oxygen atoms in total. The highest BCUT2D eigenvalue weighted by Gasteiger charge is 2.12. The van der Waals surface area contributed by atoms with Crippen LogP contribution in [0.2, 0.25) is 0 Å². The van der Waals surface area contributed by atoms with E-state index < -0.39 is 0 Å². The fraction of sp³-hybridized carbons (Fsp3) is 0.385. The molecule has 21 heavy (non-hydrogen) atoms. The summed E-state index contributed by atoms with van der Waals surface area (Å²) in [6, 6.07) is 9.55. The number of hydrogen-bond donors (Lipinski definition) is 1. The van der Waals surface area contributed by atoms with Crippen molar-refractivity contribution in [2.45, 2.75) is 6.54 Å². The van der Waals surface area contributed by atoms with E-state index in [1.165, 1.54) is 4.80 Å². The Bertz CT molecular complexity index is 559. The quantitative estimate of drug-likeness (QED) is 0.838. The third-order valence-corrected chi connectivity index (χ3v) is 2.88. The lowest BCUT2D eigenvalue weighted by atomic mass is 10.2. The zero-order chi connectivity index (χ0) is 14.4. The Hall–Kier alpha value is -1.99. The molecule has 0 aliphatic carbocycles. The molecule has 2 rings (SSSR count). The van der Waals surface area contributed by atoms with Crippen LogP contribution in [0.5, 0.6) is 0 Å². The lowest BCUT2D eigenvalue weighted by Gasteiger charge is -2.15. The SMILES string of the molecule is CNCCN(C)C(=O)Cn1nnc(-c2ccccc2)n1.Cl.